The minimum atomic E-state index is -1.26. The zero-order valence-electron chi connectivity index (χ0n) is 33.6. The van der Waals surface area contributed by atoms with E-state index in [9.17, 15) is 4.79 Å². The molecule has 6 aromatic carbocycles. The maximum atomic E-state index is 15.0. The Labute approximate surface area is 366 Å². The second kappa shape index (κ2) is 19.5. The summed E-state index contributed by atoms with van der Waals surface area (Å²) in [5, 5.41) is 4.05. The molecule has 0 saturated carbocycles. The monoisotopic (exact) mass is 848 g/mol. The Hall–Kier alpha value is -6.16. The van der Waals surface area contributed by atoms with E-state index < -0.39 is 11.5 Å². The first kappa shape index (κ1) is 41.6. The standard InChI is InChI=1S/C51H46Cl2N4O4/c52-45-27-26-39(32-46(45)53)36-60-48-44(49(58)54-43-28-30-56(31-29-43)33-37-16-6-1-7-17-37)35-57(34-38-18-8-2-9-19-38)47(48)50(59)55-61-51(40-20-10-3-11-21-40,41-22-12-4-13-23-41)42-24-14-5-15-25-42/h1-27,32,35,43H,28-31,33-34,36H2,(H,54,58)(H,55,59). The number of amides is 2. The number of likely N-dealkylation sites (tertiary alicyclic amines) is 1. The van der Waals surface area contributed by atoms with Crippen LogP contribution in [0.25, 0.3) is 0 Å². The Morgan fingerprint density at radius 1 is 0.607 bits per heavy atom. The second-order valence-electron chi connectivity index (χ2n) is 15.2. The van der Waals surface area contributed by atoms with E-state index in [0.29, 0.717) is 15.6 Å². The van der Waals surface area contributed by atoms with Crippen LogP contribution < -0.4 is 15.5 Å². The van der Waals surface area contributed by atoms with Gasteiger partial charge >= 0.3 is 0 Å². The lowest BCUT2D eigenvalue weighted by atomic mass is 9.80. The van der Waals surface area contributed by atoms with E-state index in [1.54, 1.807) is 29.0 Å². The van der Waals surface area contributed by atoms with Crippen LogP contribution in [0.15, 0.2) is 176 Å². The minimum Gasteiger partial charge on any atom is -0.486 e. The van der Waals surface area contributed by atoms with Gasteiger partial charge in [-0.05, 0) is 58.4 Å². The molecular formula is C51H46Cl2N4O4. The molecule has 10 heteroatoms. The van der Waals surface area contributed by atoms with Crippen LogP contribution in [0.1, 0.15) is 67.1 Å². The highest BCUT2D eigenvalue weighted by Gasteiger charge is 2.40. The molecule has 0 unspecified atom stereocenters. The van der Waals surface area contributed by atoms with E-state index in [-0.39, 0.29) is 42.1 Å². The summed E-state index contributed by atoms with van der Waals surface area (Å²) in [5.74, 6) is -0.813. The molecule has 8 rings (SSSR count). The molecule has 1 saturated heterocycles. The van der Waals surface area contributed by atoms with Crippen LogP contribution in [0.3, 0.4) is 0 Å². The molecule has 308 valence electrons. The number of hydrogen-bond acceptors (Lipinski definition) is 5. The number of hydroxylamine groups is 1. The quantitative estimate of drug-likeness (QED) is 0.0793. The summed E-state index contributed by atoms with van der Waals surface area (Å²) in [5.41, 5.74) is 7.26. The first-order valence-corrected chi connectivity index (χ1v) is 21.2. The van der Waals surface area contributed by atoms with Gasteiger partial charge in [0.05, 0.1) is 15.6 Å². The molecule has 0 spiro atoms. The highest BCUT2D eigenvalue weighted by Crippen LogP contribution is 2.40. The first-order chi connectivity index (χ1) is 29.9. The van der Waals surface area contributed by atoms with Crippen LogP contribution in [0.5, 0.6) is 5.75 Å². The van der Waals surface area contributed by atoms with Gasteiger partial charge in [-0.3, -0.25) is 19.3 Å². The van der Waals surface area contributed by atoms with E-state index in [0.717, 1.165) is 54.7 Å². The number of rotatable bonds is 15. The number of hydrogen-bond donors (Lipinski definition) is 2. The number of benzene rings is 6. The number of carbonyl (C=O) groups is 2. The lowest BCUT2D eigenvalue weighted by molar-refractivity contribution is -0.0479. The van der Waals surface area contributed by atoms with E-state index in [1.807, 2.05) is 127 Å². The predicted molar refractivity (Wildman–Crippen MR) is 241 cm³/mol. The number of piperidine rings is 1. The molecule has 1 aliphatic heterocycles. The van der Waals surface area contributed by atoms with Gasteiger partial charge in [-0.2, -0.15) is 0 Å². The lowest BCUT2D eigenvalue weighted by Crippen LogP contribution is -2.44. The zero-order valence-corrected chi connectivity index (χ0v) is 35.1. The molecule has 1 aliphatic rings. The molecule has 7 aromatic rings. The van der Waals surface area contributed by atoms with Gasteiger partial charge < -0.3 is 14.6 Å². The first-order valence-electron chi connectivity index (χ1n) is 20.4. The third kappa shape index (κ3) is 9.75. The summed E-state index contributed by atoms with van der Waals surface area (Å²) in [6.45, 7) is 2.82. The Morgan fingerprint density at radius 2 is 1.11 bits per heavy atom. The zero-order chi connectivity index (χ0) is 42.0. The van der Waals surface area contributed by atoms with Crippen molar-refractivity contribution in [1.82, 2.24) is 20.3 Å². The summed E-state index contributed by atoms with van der Waals surface area (Å²) in [7, 11) is 0. The molecule has 0 radical (unpaired) electrons. The fourth-order valence-corrected chi connectivity index (χ4v) is 8.30. The van der Waals surface area contributed by atoms with Crippen molar-refractivity contribution in [3.05, 3.63) is 231 Å². The molecule has 0 bridgehead atoms. The molecule has 2 heterocycles. The van der Waals surface area contributed by atoms with Crippen molar-refractivity contribution in [3.8, 4) is 5.75 Å². The van der Waals surface area contributed by atoms with E-state index in [1.165, 1.54) is 5.56 Å². The van der Waals surface area contributed by atoms with Crippen LogP contribution in [-0.2, 0) is 30.1 Å². The van der Waals surface area contributed by atoms with Gasteiger partial charge in [-0.25, -0.2) is 5.48 Å². The van der Waals surface area contributed by atoms with Crippen LogP contribution in [0, 0.1) is 0 Å². The van der Waals surface area contributed by atoms with Gasteiger partial charge in [-0.15, -0.1) is 0 Å². The lowest BCUT2D eigenvalue weighted by Gasteiger charge is -2.35. The topological polar surface area (TPSA) is 84.8 Å². The number of ether oxygens (including phenoxy) is 1. The molecule has 1 fully saturated rings. The van der Waals surface area contributed by atoms with E-state index in [4.69, 9.17) is 32.8 Å². The fraction of sp³-hybridized carbons (Fsp3) is 0.176. The van der Waals surface area contributed by atoms with Crippen LogP contribution >= 0.6 is 23.2 Å². The van der Waals surface area contributed by atoms with Crippen LogP contribution in [0.4, 0.5) is 0 Å². The van der Waals surface area contributed by atoms with Crippen molar-refractivity contribution in [1.29, 1.82) is 0 Å². The minimum absolute atomic E-state index is 0.00745. The number of aromatic nitrogens is 1. The molecule has 8 nitrogen and oxygen atoms in total. The molecule has 1 aromatic heterocycles. The summed E-state index contributed by atoms with van der Waals surface area (Å²) < 4.78 is 8.32. The van der Waals surface area contributed by atoms with Gasteiger partial charge in [0.15, 0.2) is 17.0 Å². The van der Waals surface area contributed by atoms with Crippen molar-refractivity contribution in [3.63, 3.8) is 0 Å². The van der Waals surface area contributed by atoms with Crippen molar-refractivity contribution < 1.29 is 19.2 Å². The highest BCUT2D eigenvalue weighted by atomic mass is 35.5. The maximum Gasteiger partial charge on any atom is 0.295 e. The number of nitrogens with one attached hydrogen (secondary N) is 2. The van der Waals surface area contributed by atoms with E-state index >= 15 is 4.79 Å². The third-order valence-electron chi connectivity index (χ3n) is 11.1. The average molecular weight is 850 g/mol. The van der Waals surface area contributed by atoms with Crippen LogP contribution in [0.2, 0.25) is 10.0 Å². The number of halogens is 2. The normalized spacial score (nSPS) is 13.4. The number of nitrogens with zero attached hydrogens (tertiary/aromatic N) is 2. The Balaban J connectivity index is 1.15. The average Bonchev–Trinajstić information content (AvgIpc) is 3.67. The van der Waals surface area contributed by atoms with Crippen molar-refractivity contribution in [2.24, 2.45) is 0 Å². The molecule has 2 N–H and O–H groups in total. The Morgan fingerprint density at radius 3 is 1.64 bits per heavy atom. The van der Waals surface area contributed by atoms with Gasteiger partial charge in [0.25, 0.3) is 11.8 Å². The summed E-state index contributed by atoms with van der Waals surface area (Å²) in [6.07, 6.45) is 3.26. The van der Waals surface area contributed by atoms with Gasteiger partial charge in [0.2, 0.25) is 0 Å². The van der Waals surface area contributed by atoms with Crippen molar-refractivity contribution in [2.75, 3.05) is 13.1 Å². The molecule has 61 heavy (non-hydrogen) atoms. The number of carbonyl (C=O) groups excluding carboxylic acids is 2. The summed E-state index contributed by atoms with van der Waals surface area (Å²) in [4.78, 5) is 38.7. The van der Waals surface area contributed by atoms with Gasteiger partial charge in [0.1, 0.15) is 6.61 Å². The maximum absolute atomic E-state index is 15.0. The molecular weight excluding hydrogens is 803 g/mol. The smallest absolute Gasteiger partial charge is 0.295 e. The van der Waals surface area contributed by atoms with Gasteiger partial charge in [0, 0.05) is 38.4 Å². The van der Waals surface area contributed by atoms with Crippen molar-refractivity contribution >= 4 is 35.0 Å². The van der Waals surface area contributed by atoms with Crippen molar-refractivity contribution in [2.45, 2.75) is 44.2 Å². The molecule has 0 aliphatic carbocycles. The molecule has 2 amide bonds. The highest BCUT2D eigenvalue weighted by molar-refractivity contribution is 6.42. The summed E-state index contributed by atoms with van der Waals surface area (Å²) in [6, 6.07) is 54.7. The largest absolute Gasteiger partial charge is 0.486 e. The summed E-state index contributed by atoms with van der Waals surface area (Å²) >= 11 is 12.7. The van der Waals surface area contributed by atoms with Gasteiger partial charge in [-0.1, -0.05) is 181 Å². The fourth-order valence-electron chi connectivity index (χ4n) is 7.97. The molecule has 0 atom stereocenters. The predicted octanol–water partition coefficient (Wildman–Crippen LogP) is 10.5. The Kier molecular flexibility index (Phi) is 13.3. The third-order valence-corrected chi connectivity index (χ3v) is 11.8. The SMILES string of the molecule is O=C(NC1CCN(Cc2ccccc2)CC1)c1cn(Cc2ccccc2)c(C(=O)NOC(c2ccccc2)(c2ccccc2)c2ccccc2)c1OCc1ccc(Cl)c(Cl)c1. The van der Waals surface area contributed by atoms with Crippen LogP contribution in [-0.4, -0.2) is 40.4 Å². The van der Waals surface area contributed by atoms with E-state index in [2.05, 4.69) is 40.0 Å². The Bertz CT molecular complexity index is 2430. The second-order valence-corrected chi connectivity index (χ2v) is 16.0.